The van der Waals surface area contributed by atoms with Crippen molar-refractivity contribution in [3.63, 3.8) is 0 Å². The van der Waals surface area contributed by atoms with Gasteiger partial charge in [-0.3, -0.25) is 9.36 Å². The summed E-state index contributed by atoms with van der Waals surface area (Å²) in [5.74, 6) is 0.650. The molecule has 0 saturated carbocycles. The summed E-state index contributed by atoms with van der Waals surface area (Å²) in [6.45, 7) is 1.99. The van der Waals surface area contributed by atoms with Crippen molar-refractivity contribution in [2.24, 2.45) is 5.73 Å². The van der Waals surface area contributed by atoms with Crippen LogP contribution in [-0.2, 0) is 18.5 Å². The van der Waals surface area contributed by atoms with Gasteiger partial charge < -0.3 is 10.2 Å². The Hall–Kier alpha value is -3.32. The highest BCUT2D eigenvalue weighted by atomic mass is 16.4. The molecule has 0 fully saturated rings. The fraction of sp³-hybridized carbons (Fsp3) is 0.200. The Kier molecular flexibility index (Phi) is 4.29. The van der Waals surface area contributed by atoms with Crippen molar-refractivity contribution >= 4 is 10.9 Å². The van der Waals surface area contributed by atoms with Crippen LogP contribution in [0.5, 0.6) is 0 Å². The van der Waals surface area contributed by atoms with Gasteiger partial charge in [-0.2, -0.15) is 0 Å². The van der Waals surface area contributed by atoms with Crippen LogP contribution in [0.3, 0.4) is 0 Å². The molecule has 4 aromatic rings. The molecule has 0 unspecified atom stereocenters. The zero-order valence-electron chi connectivity index (χ0n) is 14.9. The lowest BCUT2D eigenvalue weighted by atomic mass is 9.94. The van der Waals surface area contributed by atoms with Crippen molar-refractivity contribution in [2.75, 3.05) is 0 Å². The van der Waals surface area contributed by atoms with Gasteiger partial charge in [0.25, 0.3) is 5.56 Å². The van der Waals surface area contributed by atoms with E-state index in [4.69, 9.17) is 10.2 Å². The van der Waals surface area contributed by atoms with E-state index in [0.717, 1.165) is 5.56 Å². The maximum Gasteiger partial charge on any atom is 0.261 e. The van der Waals surface area contributed by atoms with E-state index >= 15 is 0 Å². The third-order valence-electron chi connectivity index (χ3n) is 4.41. The molecule has 0 aliphatic carbocycles. The van der Waals surface area contributed by atoms with Gasteiger partial charge in [-0.25, -0.2) is 4.98 Å². The number of fused-ring (bicyclic) bond motifs is 1. The van der Waals surface area contributed by atoms with E-state index < -0.39 is 5.54 Å². The zero-order valence-corrected chi connectivity index (χ0v) is 14.9. The highest BCUT2D eigenvalue weighted by Gasteiger charge is 2.28. The van der Waals surface area contributed by atoms with Crippen molar-refractivity contribution in [1.29, 1.82) is 0 Å². The first-order valence-electron chi connectivity index (χ1n) is 8.63. The summed E-state index contributed by atoms with van der Waals surface area (Å²) in [7, 11) is 0. The number of hydrogen-bond donors (Lipinski definition) is 1. The van der Waals surface area contributed by atoms with E-state index in [0.29, 0.717) is 29.1 Å². The van der Waals surface area contributed by atoms with Crippen molar-refractivity contribution in [1.82, 2.24) is 19.7 Å². The normalized spacial score (nSPS) is 13.6. The molecule has 2 aromatic heterocycles. The largest absolute Gasteiger partial charge is 0.421 e. The van der Waals surface area contributed by atoms with Crippen LogP contribution in [0, 0.1) is 0 Å². The Labute approximate surface area is 155 Å². The summed E-state index contributed by atoms with van der Waals surface area (Å²) in [5.41, 5.74) is 7.18. The van der Waals surface area contributed by atoms with Gasteiger partial charge in [0.2, 0.25) is 11.8 Å². The van der Waals surface area contributed by atoms with Crippen molar-refractivity contribution in [2.45, 2.75) is 25.4 Å². The molecule has 2 heterocycles. The monoisotopic (exact) mass is 361 g/mol. The maximum absolute atomic E-state index is 12.6. The number of nitrogens with two attached hydrogens (primary N) is 1. The minimum absolute atomic E-state index is 0.144. The third kappa shape index (κ3) is 3.50. The van der Waals surface area contributed by atoms with E-state index in [1.54, 1.807) is 12.1 Å². The second-order valence-corrected chi connectivity index (χ2v) is 6.78. The average molecular weight is 361 g/mol. The summed E-state index contributed by atoms with van der Waals surface area (Å²) in [6.07, 6.45) is 2.05. The van der Waals surface area contributed by atoms with Crippen LogP contribution in [0.2, 0.25) is 0 Å². The molecule has 0 aliphatic heterocycles. The molecular formula is C20H19N5O2. The molecule has 0 radical (unpaired) electrons. The molecule has 27 heavy (non-hydrogen) atoms. The van der Waals surface area contributed by atoms with Gasteiger partial charge in [0.1, 0.15) is 6.54 Å². The molecular weight excluding hydrogens is 342 g/mol. The number of benzene rings is 2. The Morgan fingerprint density at radius 2 is 1.81 bits per heavy atom. The van der Waals surface area contributed by atoms with Gasteiger partial charge in [0.05, 0.1) is 22.8 Å². The summed E-state index contributed by atoms with van der Waals surface area (Å²) < 4.78 is 7.21. The van der Waals surface area contributed by atoms with E-state index in [1.165, 1.54) is 10.9 Å². The highest BCUT2D eigenvalue weighted by molar-refractivity contribution is 5.76. The third-order valence-corrected chi connectivity index (χ3v) is 4.41. The second-order valence-electron chi connectivity index (χ2n) is 6.78. The lowest BCUT2D eigenvalue weighted by Gasteiger charge is -2.20. The second kappa shape index (κ2) is 6.77. The molecule has 0 spiro atoms. The minimum atomic E-state index is -0.806. The lowest BCUT2D eigenvalue weighted by molar-refractivity contribution is 0.333. The quantitative estimate of drug-likeness (QED) is 0.585. The summed E-state index contributed by atoms with van der Waals surface area (Å²) in [4.78, 5) is 16.9. The Bertz CT molecular complexity index is 1130. The molecule has 2 N–H and O–H groups in total. The number of hydrogen-bond acceptors (Lipinski definition) is 6. The average Bonchev–Trinajstić information content (AvgIpc) is 3.14. The van der Waals surface area contributed by atoms with Crippen LogP contribution in [0.4, 0.5) is 0 Å². The minimum Gasteiger partial charge on any atom is -0.421 e. The first-order valence-corrected chi connectivity index (χ1v) is 8.63. The fourth-order valence-corrected chi connectivity index (χ4v) is 3.01. The summed E-state index contributed by atoms with van der Waals surface area (Å²) in [5, 5.41) is 8.70. The Balaban J connectivity index is 1.58. The van der Waals surface area contributed by atoms with E-state index in [1.807, 2.05) is 49.4 Å². The van der Waals surface area contributed by atoms with E-state index in [2.05, 4.69) is 15.2 Å². The van der Waals surface area contributed by atoms with Crippen molar-refractivity contribution < 1.29 is 4.42 Å². The van der Waals surface area contributed by atoms with Gasteiger partial charge in [-0.15, -0.1) is 10.2 Å². The molecule has 7 heteroatoms. The number of rotatable bonds is 5. The maximum atomic E-state index is 12.6. The van der Waals surface area contributed by atoms with Crippen LogP contribution < -0.4 is 11.3 Å². The van der Waals surface area contributed by atoms with Gasteiger partial charge >= 0.3 is 0 Å². The predicted octanol–water partition coefficient (Wildman–Crippen LogP) is 2.24. The first kappa shape index (κ1) is 17.1. The molecule has 7 nitrogen and oxygen atoms in total. The van der Waals surface area contributed by atoms with E-state index in [-0.39, 0.29) is 12.1 Å². The number of nitrogens with zero attached hydrogens (tertiary/aromatic N) is 4. The Morgan fingerprint density at radius 1 is 1.07 bits per heavy atom. The van der Waals surface area contributed by atoms with Crippen LogP contribution >= 0.6 is 0 Å². The smallest absolute Gasteiger partial charge is 0.261 e. The fourth-order valence-electron chi connectivity index (χ4n) is 3.01. The van der Waals surface area contributed by atoms with Crippen LogP contribution in [-0.4, -0.2) is 19.7 Å². The van der Waals surface area contributed by atoms with E-state index in [9.17, 15) is 4.79 Å². The standard InChI is InChI=1S/C20H19N5O2/c1-20(21,11-14-7-3-2-4-8-14)19-24-23-17(27-19)12-25-13-22-16-10-6-5-9-15(16)18(25)26/h2-10,13H,11-12,21H2,1H3/t20-/m1/s1. The molecule has 4 rings (SSSR count). The van der Waals surface area contributed by atoms with Crippen LogP contribution in [0.1, 0.15) is 24.3 Å². The van der Waals surface area contributed by atoms with Gasteiger partial charge in [-0.05, 0) is 31.0 Å². The molecule has 136 valence electrons. The summed E-state index contributed by atoms with van der Waals surface area (Å²) in [6, 6.07) is 17.1. The lowest BCUT2D eigenvalue weighted by Crippen LogP contribution is -2.35. The van der Waals surface area contributed by atoms with Crippen molar-refractivity contribution in [3.8, 4) is 0 Å². The SMILES string of the molecule is C[C@@](N)(Cc1ccccc1)c1nnc(Cn2cnc3ccccc3c2=O)o1. The first-order chi connectivity index (χ1) is 13.0. The summed E-state index contributed by atoms with van der Waals surface area (Å²) >= 11 is 0. The molecule has 0 saturated heterocycles. The topological polar surface area (TPSA) is 99.8 Å². The number of aromatic nitrogens is 4. The molecule has 2 aromatic carbocycles. The molecule has 1 atom stereocenters. The molecule has 0 amide bonds. The predicted molar refractivity (Wildman–Crippen MR) is 101 cm³/mol. The van der Waals surface area contributed by atoms with Gasteiger partial charge in [0, 0.05) is 0 Å². The highest BCUT2D eigenvalue weighted by Crippen LogP contribution is 2.21. The molecule has 0 bridgehead atoms. The van der Waals surface area contributed by atoms with Gasteiger partial charge in [-0.1, -0.05) is 42.5 Å². The van der Waals surface area contributed by atoms with Crippen molar-refractivity contribution in [3.05, 3.63) is 88.6 Å². The molecule has 0 aliphatic rings. The van der Waals surface area contributed by atoms with Crippen LogP contribution in [0.25, 0.3) is 10.9 Å². The van der Waals surface area contributed by atoms with Gasteiger partial charge in [0.15, 0.2) is 0 Å². The Morgan fingerprint density at radius 3 is 2.63 bits per heavy atom. The van der Waals surface area contributed by atoms with Crippen LogP contribution in [0.15, 0.2) is 70.1 Å². The zero-order chi connectivity index (χ0) is 18.9. The number of para-hydroxylation sites is 1.